The van der Waals surface area contributed by atoms with E-state index < -0.39 is 15.4 Å². The van der Waals surface area contributed by atoms with Crippen molar-refractivity contribution in [3.8, 4) is 0 Å². The Labute approximate surface area is 123 Å². The molecular formula is C15H28O3V-3. The molecule has 0 aromatic rings. The van der Waals surface area contributed by atoms with E-state index in [1.54, 1.807) is 0 Å². The molecule has 19 heavy (non-hydrogen) atoms. The molecule has 0 spiro atoms. The molecule has 0 unspecified atom stereocenters. The van der Waals surface area contributed by atoms with Crippen LogP contribution in [0.2, 0.25) is 0 Å². The molecule has 114 valence electrons. The van der Waals surface area contributed by atoms with Gasteiger partial charge in [-0.05, 0) is 0 Å². The van der Waals surface area contributed by atoms with Crippen molar-refractivity contribution < 1.29 is 26.8 Å². The van der Waals surface area contributed by atoms with E-state index in [9.17, 15) is 0 Å². The average molecular weight is 307 g/mol. The first kappa shape index (κ1) is 19.1. The Morgan fingerprint density at radius 1 is 0.579 bits per heavy atom. The molecule has 3 rings (SSSR count). The van der Waals surface area contributed by atoms with Gasteiger partial charge in [0, 0.05) is 0 Å². The summed E-state index contributed by atoms with van der Waals surface area (Å²) in [5.41, 5.74) is 0. The van der Waals surface area contributed by atoms with Gasteiger partial charge in [0.2, 0.25) is 0 Å². The van der Waals surface area contributed by atoms with E-state index in [0.717, 1.165) is 0 Å². The molecule has 0 bridgehead atoms. The monoisotopic (exact) mass is 307 g/mol. The van der Waals surface area contributed by atoms with Crippen molar-refractivity contribution in [2.24, 2.45) is 0 Å². The number of hydrogen-bond donors (Lipinski definition) is 1. The molecule has 0 saturated heterocycles. The molecule has 3 nitrogen and oxygen atoms in total. The van der Waals surface area contributed by atoms with Crippen molar-refractivity contribution in [3.63, 3.8) is 0 Å². The van der Waals surface area contributed by atoms with Gasteiger partial charge in [0.15, 0.2) is 0 Å². The third kappa shape index (κ3) is 20.6. The number of rotatable bonds is 0. The fraction of sp³-hybridized carbons (Fsp3) is 0.800. The molecule has 0 aromatic carbocycles. The van der Waals surface area contributed by atoms with Crippen LogP contribution in [0.3, 0.4) is 0 Å². The summed E-state index contributed by atoms with van der Waals surface area (Å²) in [5.74, 6) is 0. The minimum atomic E-state index is -3.69. The standard InChI is InChI=1S/3C5H9.H2O.2O.V/c3*1-2-4-5-3-1;;;;/h3*1H,2-5H2;1H2;;;/q3*-1;;;;+1/p-1. The van der Waals surface area contributed by atoms with Crippen molar-refractivity contribution in [2.45, 2.75) is 77.0 Å². The van der Waals surface area contributed by atoms with Crippen LogP contribution in [-0.2, 0) is 22.7 Å². The summed E-state index contributed by atoms with van der Waals surface area (Å²) in [6.45, 7) is 0. The Morgan fingerprint density at radius 2 is 0.737 bits per heavy atom. The van der Waals surface area contributed by atoms with Crippen molar-refractivity contribution in [3.05, 3.63) is 19.3 Å². The molecule has 0 aromatic heterocycles. The van der Waals surface area contributed by atoms with Crippen LogP contribution in [0.4, 0.5) is 0 Å². The Kier molecular flexibility index (Phi) is 16.3. The van der Waals surface area contributed by atoms with Crippen LogP contribution in [0.1, 0.15) is 77.0 Å². The van der Waals surface area contributed by atoms with Crippen LogP contribution in [0.5, 0.6) is 0 Å². The Balaban J connectivity index is 0.000000229. The molecule has 0 atom stereocenters. The Bertz CT molecular complexity index is 173. The van der Waals surface area contributed by atoms with Crippen LogP contribution in [0.25, 0.3) is 0 Å². The molecule has 3 saturated carbocycles. The zero-order chi connectivity index (χ0) is 14.2. The third-order valence-electron chi connectivity index (χ3n) is 3.20. The van der Waals surface area contributed by atoms with Crippen LogP contribution < -0.4 is 0 Å². The fourth-order valence-electron chi connectivity index (χ4n) is 2.17. The molecule has 1 N–H and O–H groups in total. The zero-order valence-electron chi connectivity index (χ0n) is 11.9. The molecule has 0 amide bonds. The van der Waals surface area contributed by atoms with Crippen LogP contribution in [-0.4, -0.2) is 4.03 Å². The SMILES string of the molecule is [CH-]1CCCC1.[CH-]1CCCC1.[CH-]1CCCC1.[O]=[V](=[O])[OH]. The normalized spacial score (nSPS) is 20.3. The van der Waals surface area contributed by atoms with E-state index in [1.807, 2.05) is 0 Å². The van der Waals surface area contributed by atoms with Gasteiger partial charge in [-0.1, -0.05) is 38.5 Å². The van der Waals surface area contributed by atoms with Gasteiger partial charge in [-0.15, -0.1) is 0 Å². The quantitative estimate of drug-likeness (QED) is 0.670. The van der Waals surface area contributed by atoms with Crippen molar-refractivity contribution in [2.75, 3.05) is 0 Å². The van der Waals surface area contributed by atoms with Crippen molar-refractivity contribution in [1.82, 2.24) is 0 Å². The van der Waals surface area contributed by atoms with Crippen LogP contribution in [0, 0.1) is 19.3 Å². The van der Waals surface area contributed by atoms with E-state index in [4.69, 9.17) is 11.4 Å². The van der Waals surface area contributed by atoms with Gasteiger partial charge >= 0.3 is 26.8 Å². The van der Waals surface area contributed by atoms with Gasteiger partial charge in [-0.2, -0.15) is 38.5 Å². The Hall–Kier alpha value is 0.144. The van der Waals surface area contributed by atoms with Gasteiger partial charge in [-0.3, -0.25) is 0 Å². The summed E-state index contributed by atoms with van der Waals surface area (Å²) in [6.07, 6.45) is 24.0. The second-order valence-corrected chi connectivity index (χ2v) is 5.70. The molecular weight excluding hydrogens is 279 g/mol. The summed E-state index contributed by atoms with van der Waals surface area (Å²) in [5, 5.41) is 0. The van der Waals surface area contributed by atoms with Gasteiger partial charge in [-0.25, -0.2) is 0 Å². The van der Waals surface area contributed by atoms with Gasteiger partial charge in [0.05, 0.1) is 0 Å². The summed E-state index contributed by atoms with van der Waals surface area (Å²) < 4.78 is 24.4. The van der Waals surface area contributed by atoms with Crippen molar-refractivity contribution in [1.29, 1.82) is 0 Å². The Morgan fingerprint density at radius 3 is 0.789 bits per heavy atom. The first-order valence-corrected chi connectivity index (χ1v) is 9.28. The van der Waals surface area contributed by atoms with Gasteiger partial charge in [0.1, 0.15) is 0 Å². The van der Waals surface area contributed by atoms with E-state index in [1.165, 1.54) is 77.0 Å². The molecule has 4 heteroatoms. The van der Waals surface area contributed by atoms with Crippen LogP contribution >= 0.6 is 0 Å². The second kappa shape index (κ2) is 16.2. The zero-order valence-corrected chi connectivity index (χ0v) is 13.3. The fourth-order valence-corrected chi connectivity index (χ4v) is 2.17. The summed E-state index contributed by atoms with van der Waals surface area (Å²) in [7, 11) is 0. The molecule has 0 radical (unpaired) electrons. The topological polar surface area (TPSA) is 54.4 Å². The predicted octanol–water partition coefficient (Wildman–Crippen LogP) is 4.50. The maximum atomic E-state index is 8.67. The summed E-state index contributed by atoms with van der Waals surface area (Å²) in [4.78, 5) is 0. The molecule has 3 aliphatic carbocycles. The van der Waals surface area contributed by atoms with Gasteiger partial charge < -0.3 is 19.3 Å². The van der Waals surface area contributed by atoms with Gasteiger partial charge in [0.25, 0.3) is 0 Å². The minimum absolute atomic E-state index is 1.38. The van der Waals surface area contributed by atoms with E-state index in [-0.39, 0.29) is 0 Å². The van der Waals surface area contributed by atoms with E-state index in [0.29, 0.717) is 0 Å². The van der Waals surface area contributed by atoms with E-state index >= 15 is 0 Å². The molecule has 3 aliphatic rings. The van der Waals surface area contributed by atoms with Crippen molar-refractivity contribution >= 4 is 0 Å². The molecule has 0 heterocycles. The maximum absolute atomic E-state index is 8.67. The summed E-state index contributed by atoms with van der Waals surface area (Å²) in [6, 6.07) is 0. The predicted molar refractivity (Wildman–Crippen MR) is 71.9 cm³/mol. The molecule has 0 aliphatic heterocycles. The first-order chi connectivity index (χ1) is 9.23. The first-order valence-electron chi connectivity index (χ1n) is 7.51. The number of hydrogen-bond acceptors (Lipinski definition) is 2. The van der Waals surface area contributed by atoms with Crippen LogP contribution in [0.15, 0.2) is 0 Å². The second-order valence-electron chi connectivity index (χ2n) is 4.96. The molecule has 3 fully saturated rings. The van der Waals surface area contributed by atoms with E-state index in [2.05, 4.69) is 19.3 Å². The third-order valence-corrected chi connectivity index (χ3v) is 3.20. The summed E-state index contributed by atoms with van der Waals surface area (Å²) >= 11 is -3.69. The average Bonchev–Trinajstić information content (AvgIpc) is 3.18.